The fraction of sp³-hybridized carbons (Fsp3) is 0.583. The third-order valence-electron chi connectivity index (χ3n) is 3.67. The third kappa shape index (κ3) is 0.876. The summed E-state index contributed by atoms with van der Waals surface area (Å²) in [5.41, 5.74) is 2.59. The van der Waals surface area contributed by atoms with Crippen LogP contribution in [0.15, 0.2) is 0 Å². The second kappa shape index (κ2) is 2.48. The molecule has 3 rings (SSSR count). The SMILES string of the molecule is CCc1sc(C)c2c1CC1(CC1)C2=O. The van der Waals surface area contributed by atoms with Gasteiger partial charge < -0.3 is 0 Å². The maximum Gasteiger partial charge on any atom is 0.170 e. The summed E-state index contributed by atoms with van der Waals surface area (Å²) in [6.45, 7) is 4.29. The van der Waals surface area contributed by atoms with Gasteiger partial charge in [-0.3, -0.25) is 4.79 Å². The Morgan fingerprint density at radius 1 is 1.43 bits per heavy atom. The zero-order valence-corrected chi connectivity index (χ0v) is 9.46. The highest BCUT2D eigenvalue weighted by molar-refractivity contribution is 7.12. The van der Waals surface area contributed by atoms with E-state index >= 15 is 0 Å². The van der Waals surface area contributed by atoms with Crippen LogP contribution in [-0.4, -0.2) is 5.78 Å². The average Bonchev–Trinajstić information content (AvgIpc) is 2.79. The van der Waals surface area contributed by atoms with Crippen molar-refractivity contribution in [1.82, 2.24) is 0 Å². The van der Waals surface area contributed by atoms with E-state index in [-0.39, 0.29) is 5.41 Å². The standard InChI is InChI=1S/C12H14OS/c1-3-9-8-6-12(4-5-12)11(13)10(8)7(2)14-9/h3-6H2,1-2H3. The molecule has 2 aliphatic rings. The molecule has 1 nitrogen and oxygen atoms in total. The van der Waals surface area contributed by atoms with Crippen molar-refractivity contribution >= 4 is 17.1 Å². The number of hydrogen-bond donors (Lipinski definition) is 0. The fourth-order valence-corrected chi connectivity index (χ4v) is 3.79. The van der Waals surface area contributed by atoms with Crippen molar-refractivity contribution in [3.05, 3.63) is 20.9 Å². The first-order valence-electron chi connectivity index (χ1n) is 5.34. The summed E-state index contributed by atoms with van der Waals surface area (Å²) in [4.78, 5) is 14.8. The lowest BCUT2D eigenvalue weighted by atomic mass is 10.0. The predicted octanol–water partition coefficient (Wildman–Crippen LogP) is 3.14. The van der Waals surface area contributed by atoms with Gasteiger partial charge in [0.15, 0.2) is 5.78 Å². The number of rotatable bonds is 1. The molecule has 0 unspecified atom stereocenters. The lowest BCUT2D eigenvalue weighted by Gasteiger charge is -2.02. The van der Waals surface area contributed by atoms with Crippen LogP contribution < -0.4 is 0 Å². The van der Waals surface area contributed by atoms with Crippen molar-refractivity contribution in [2.24, 2.45) is 5.41 Å². The Morgan fingerprint density at radius 2 is 2.14 bits per heavy atom. The van der Waals surface area contributed by atoms with E-state index in [1.807, 2.05) is 11.3 Å². The Kier molecular flexibility index (Phi) is 1.54. The van der Waals surface area contributed by atoms with Crippen LogP contribution in [0.3, 0.4) is 0 Å². The predicted molar refractivity (Wildman–Crippen MR) is 58.1 cm³/mol. The first-order chi connectivity index (χ1) is 6.68. The van der Waals surface area contributed by atoms with Gasteiger partial charge in [-0.15, -0.1) is 11.3 Å². The van der Waals surface area contributed by atoms with Crippen molar-refractivity contribution in [1.29, 1.82) is 0 Å². The molecule has 2 heteroatoms. The number of Topliss-reactive ketones (excluding diaryl/α,β-unsaturated/α-hetero) is 1. The highest BCUT2D eigenvalue weighted by Gasteiger charge is 2.55. The summed E-state index contributed by atoms with van der Waals surface area (Å²) >= 11 is 1.83. The zero-order chi connectivity index (χ0) is 9.92. The number of carbonyl (C=O) groups is 1. The van der Waals surface area contributed by atoms with Crippen LogP contribution in [0.2, 0.25) is 0 Å². The van der Waals surface area contributed by atoms with Gasteiger partial charge in [0.2, 0.25) is 0 Å². The van der Waals surface area contributed by atoms with E-state index in [1.54, 1.807) is 0 Å². The van der Waals surface area contributed by atoms with Gasteiger partial charge in [0.1, 0.15) is 0 Å². The Hall–Kier alpha value is -0.630. The van der Waals surface area contributed by atoms with E-state index in [2.05, 4.69) is 13.8 Å². The second-order valence-electron chi connectivity index (χ2n) is 4.57. The highest BCUT2D eigenvalue weighted by Crippen LogP contribution is 2.57. The van der Waals surface area contributed by atoms with Gasteiger partial charge in [-0.05, 0) is 38.2 Å². The number of aryl methyl sites for hydroxylation is 2. The number of thiophene rings is 1. The molecular weight excluding hydrogens is 192 g/mol. The molecule has 0 saturated heterocycles. The largest absolute Gasteiger partial charge is 0.293 e. The summed E-state index contributed by atoms with van der Waals surface area (Å²) in [5, 5.41) is 0. The molecule has 14 heavy (non-hydrogen) atoms. The summed E-state index contributed by atoms with van der Waals surface area (Å²) < 4.78 is 0. The molecule has 0 N–H and O–H groups in total. The third-order valence-corrected chi connectivity index (χ3v) is 4.96. The molecule has 0 amide bonds. The topological polar surface area (TPSA) is 17.1 Å². The van der Waals surface area contributed by atoms with Crippen LogP contribution in [0.4, 0.5) is 0 Å². The minimum atomic E-state index is 0.0906. The van der Waals surface area contributed by atoms with Crippen LogP contribution in [-0.2, 0) is 12.8 Å². The Bertz CT molecular complexity index is 424. The molecular formula is C12H14OS. The van der Waals surface area contributed by atoms with Crippen molar-refractivity contribution < 1.29 is 4.79 Å². The smallest absolute Gasteiger partial charge is 0.170 e. The first kappa shape index (κ1) is 8.66. The van der Waals surface area contributed by atoms with Gasteiger partial charge in [-0.1, -0.05) is 6.92 Å². The number of hydrogen-bond acceptors (Lipinski definition) is 2. The molecule has 0 bridgehead atoms. The van der Waals surface area contributed by atoms with E-state index in [9.17, 15) is 4.79 Å². The molecule has 0 radical (unpaired) electrons. The van der Waals surface area contributed by atoms with Gasteiger partial charge in [0.05, 0.1) is 0 Å². The number of ketones is 1. The molecule has 1 saturated carbocycles. The van der Waals surface area contributed by atoms with Crippen LogP contribution >= 0.6 is 11.3 Å². The van der Waals surface area contributed by atoms with Crippen LogP contribution in [0, 0.1) is 12.3 Å². The van der Waals surface area contributed by atoms with E-state index in [0.717, 1.165) is 31.2 Å². The van der Waals surface area contributed by atoms with Crippen molar-refractivity contribution in [2.75, 3.05) is 0 Å². The minimum absolute atomic E-state index is 0.0906. The van der Waals surface area contributed by atoms with Gasteiger partial charge >= 0.3 is 0 Å². The van der Waals surface area contributed by atoms with E-state index in [1.165, 1.54) is 15.3 Å². The molecule has 1 fully saturated rings. The Labute approximate surface area is 88.1 Å². The fourth-order valence-electron chi connectivity index (χ4n) is 2.66. The molecule has 0 atom stereocenters. The first-order valence-corrected chi connectivity index (χ1v) is 6.15. The van der Waals surface area contributed by atoms with Gasteiger partial charge in [-0.2, -0.15) is 0 Å². The molecule has 74 valence electrons. The second-order valence-corrected chi connectivity index (χ2v) is 5.88. The number of fused-ring (bicyclic) bond motifs is 1. The van der Waals surface area contributed by atoms with Gasteiger partial charge in [0.25, 0.3) is 0 Å². The number of carbonyl (C=O) groups excluding carboxylic acids is 1. The van der Waals surface area contributed by atoms with Crippen LogP contribution in [0.1, 0.15) is 45.4 Å². The van der Waals surface area contributed by atoms with Crippen molar-refractivity contribution in [2.45, 2.75) is 39.5 Å². The zero-order valence-electron chi connectivity index (χ0n) is 8.64. The molecule has 1 heterocycles. The van der Waals surface area contributed by atoms with E-state index in [0.29, 0.717) is 5.78 Å². The van der Waals surface area contributed by atoms with Crippen molar-refractivity contribution in [3.8, 4) is 0 Å². The summed E-state index contributed by atoms with van der Waals surface area (Å²) in [6.07, 6.45) is 4.40. The average molecular weight is 206 g/mol. The van der Waals surface area contributed by atoms with E-state index < -0.39 is 0 Å². The van der Waals surface area contributed by atoms with Crippen molar-refractivity contribution in [3.63, 3.8) is 0 Å². The van der Waals surface area contributed by atoms with Crippen LogP contribution in [0.5, 0.6) is 0 Å². The minimum Gasteiger partial charge on any atom is -0.293 e. The lowest BCUT2D eigenvalue weighted by molar-refractivity contribution is 0.0919. The molecule has 1 aromatic rings. The normalized spacial score (nSPS) is 21.7. The maximum absolute atomic E-state index is 12.1. The quantitative estimate of drug-likeness (QED) is 0.690. The lowest BCUT2D eigenvalue weighted by Crippen LogP contribution is -2.09. The maximum atomic E-state index is 12.1. The van der Waals surface area contributed by atoms with Gasteiger partial charge in [0, 0.05) is 20.7 Å². The summed E-state index contributed by atoms with van der Waals surface area (Å²) in [5.74, 6) is 0.459. The molecule has 2 aliphatic carbocycles. The molecule has 1 aromatic heterocycles. The monoisotopic (exact) mass is 206 g/mol. The Morgan fingerprint density at radius 3 is 2.71 bits per heavy atom. The molecule has 1 spiro atoms. The molecule has 0 aromatic carbocycles. The summed E-state index contributed by atoms with van der Waals surface area (Å²) in [7, 11) is 0. The van der Waals surface area contributed by atoms with Crippen LogP contribution in [0.25, 0.3) is 0 Å². The summed E-state index contributed by atoms with van der Waals surface area (Å²) in [6, 6.07) is 0. The van der Waals surface area contributed by atoms with E-state index in [4.69, 9.17) is 0 Å². The van der Waals surface area contributed by atoms with Gasteiger partial charge in [-0.25, -0.2) is 0 Å². The Balaban J connectivity index is 2.18. The molecule has 0 aliphatic heterocycles. The highest BCUT2D eigenvalue weighted by atomic mass is 32.1.